The standard InChI is InChI=1S/C15H21NO2.C2H2/c1-11-4-6-12(7-5-11)13-8-9-16(2)10-14(13)15(17)18-3;1-2/h4-7,13-14H,8-10H2,1-3H3;1-2H. The van der Waals surface area contributed by atoms with Gasteiger partial charge in [-0.1, -0.05) is 29.8 Å². The topological polar surface area (TPSA) is 29.5 Å². The van der Waals surface area contributed by atoms with Crippen LogP contribution < -0.4 is 0 Å². The largest absolute Gasteiger partial charge is 0.469 e. The fourth-order valence-corrected chi connectivity index (χ4v) is 2.72. The maximum Gasteiger partial charge on any atom is 0.310 e. The number of esters is 1. The molecule has 3 nitrogen and oxygen atoms in total. The van der Waals surface area contributed by atoms with Crippen LogP contribution in [0, 0.1) is 25.7 Å². The summed E-state index contributed by atoms with van der Waals surface area (Å²) >= 11 is 0. The van der Waals surface area contributed by atoms with E-state index in [4.69, 9.17) is 4.74 Å². The number of hydrogen-bond acceptors (Lipinski definition) is 3. The van der Waals surface area contributed by atoms with Crippen molar-refractivity contribution in [2.45, 2.75) is 19.3 Å². The number of carbonyl (C=O) groups excluding carboxylic acids is 1. The number of methoxy groups -OCH3 is 1. The molecule has 1 aliphatic heterocycles. The smallest absolute Gasteiger partial charge is 0.310 e. The molecule has 0 radical (unpaired) electrons. The van der Waals surface area contributed by atoms with Gasteiger partial charge in [-0.25, -0.2) is 0 Å². The molecule has 1 aromatic carbocycles. The SMILES string of the molecule is C#C.COC(=O)C1CN(C)CCC1c1ccc(C)cc1. The van der Waals surface area contributed by atoms with Crippen LogP contribution in [0.1, 0.15) is 23.5 Å². The maximum atomic E-state index is 11.9. The fraction of sp³-hybridized carbons (Fsp3) is 0.471. The van der Waals surface area contributed by atoms with Gasteiger partial charge in [-0.2, -0.15) is 0 Å². The molecule has 0 amide bonds. The number of nitrogens with zero attached hydrogens (tertiary/aromatic N) is 1. The molecule has 0 N–H and O–H groups in total. The molecular weight excluding hydrogens is 250 g/mol. The molecule has 0 bridgehead atoms. The lowest BCUT2D eigenvalue weighted by Gasteiger charge is -2.35. The Kier molecular flexibility index (Phi) is 6.27. The van der Waals surface area contributed by atoms with E-state index in [0.717, 1.165) is 19.5 Å². The van der Waals surface area contributed by atoms with Crippen molar-refractivity contribution in [3.8, 4) is 12.8 Å². The second kappa shape index (κ2) is 7.72. The molecule has 1 aromatic rings. The Balaban J connectivity index is 0.000000956. The first-order chi connectivity index (χ1) is 9.61. The van der Waals surface area contributed by atoms with Gasteiger partial charge in [0.15, 0.2) is 0 Å². The zero-order chi connectivity index (χ0) is 15.1. The van der Waals surface area contributed by atoms with Crippen LogP contribution in [0.25, 0.3) is 0 Å². The van der Waals surface area contributed by atoms with Crippen molar-refractivity contribution in [3.05, 3.63) is 35.4 Å². The minimum Gasteiger partial charge on any atom is -0.469 e. The van der Waals surface area contributed by atoms with E-state index >= 15 is 0 Å². The molecule has 2 atom stereocenters. The van der Waals surface area contributed by atoms with E-state index in [1.807, 2.05) is 0 Å². The average molecular weight is 273 g/mol. The van der Waals surface area contributed by atoms with Crippen molar-refractivity contribution in [1.82, 2.24) is 4.90 Å². The van der Waals surface area contributed by atoms with E-state index in [2.05, 4.69) is 56.0 Å². The Bertz CT molecular complexity index is 450. The van der Waals surface area contributed by atoms with Crippen molar-refractivity contribution in [3.63, 3.8) is 0 Å². The number of rotatable bonds is 2. The van der Waals surface area contributed by atoms with Gasteiger partial charge < -0.3 is 9.64 Å². The van der Waals surface area contributed by atoms with Crippen LogP contribution in [0.4, 0.5) is 0 Å². The monoisotopic (exact) mass is 273 g/mol. The highest BCUT2D eigenvalue weighted by Crippen LogP contribution is 2.33. The minimum atomic E-state index is -0.0906. The van der Waals surface area contributed by atoms with Crippen LogP contribution >= 0.6 is 0 Å². The predicted octanol–water partition coefficient (Wildman–Crippen LogP) is 2.45. The molecule has 1 fully saturated rings. The Morgan fingerprint density at radius 1 is 1.30 bits per heavy atom. The van der Waals surface area contributed by atoms with E-state index in [9.17, 15) is 4.79 Å². The molecule has 108 valence electrons. The lowest BCUT2D eigenvalue weighted by molar-refractivity contribution is -0.148. The summed E-state index contributed by atoms with van der Waals surface area (Å²) < 4.78 is 4.95. The highest BCUT2D eigenvalue weighted by atomic mass is 16.5. The van der Waals surface area contributed by atoms with Crippen molar-refractivity contribution in [2.75, 3.05) is 27.2 Å². The van der Waals surface area contributed by atoms with E-state index in [1.165, 1.54) is 18.2 Å². The van der Waals surface area contributed by atoms with Crippen LogP contribution in [0.3, 0.4) is 0 Å². The first-order valence-corrected chi connectivity index (χ1v) is 6.78. The summed E-state index contributed by atoms with van der Waals surface area (Å²) in [5.41, 5.74) is 2.50. The van der Waals surface area contributed by atoms with E-state index in [-0.39, 0.29) is 17.8 Å². The van der Waals surface area contributed by atoms with Crippen molar-refractivity contribution in [2.24, 2.45) is 5.92 Å². The Labute approximate surface area is 121 Å². The highest BCUT2D eigenvalue weighted by molar-refractivity contribution is 5.74. The molecule has 0 aliphatic carbocycles. The molecule has 0 saturated carbocycles. The van der Waals surface area contributed by atoms with Crippen molar-refractivity contribution in [1.29, 1.82) is 0 Å². The van der Waals surface area contributed by atoms with Crippen LogP contribution in [0.2, 0.25) is 0 Å². The molecule has 1 saturated heterocycles. The maximum absolute atomic E-state index is 11.9. The number of likely N-dealkylation sites (tertiary alicyclic amines) is 1. The van der Waals surface area contributed by atoms with Crippen LogP contribution in [0.5, 0.6) is 0 Å². The van der Waals surface area contributed by atoms with E-state index in [0.29, 0.717) is 0 Å². The lowest BCUT2D eigenvalue weighted by atomic mass is 9.80. The Morgan fingerprint density at radius 2 is 1.90 bits per heavy atom. The molecule has 0 spiro atoms. The quantitative estimate of drug-likeness (QED) is 0.612. The minimum absolute atomic E-state index is 0.0449. The van der Waals surface area contributed by atoms with Crippen LogP contribution in [-0.2, 0) is 9.53 Å². The van der Waals surface area contributed by atoms with Gasteiger partial charge in [-0.3, -0.25) is 4.79 Å². The summed E-state index contributed by atoms with van der Waals surface area (Å²) in [7, 11) is 3.53. The van der Waals surface area contributed by atoms with Gasteiger partial charge >= 0.3 is 5.97 Å². The third-order valence-electron chi connectivity index (χ3n) is 3.83. The lowest BCUT2D eigenvalue weighted by Crippen LogP contribution is -2.41. The third-order valence-corrected chi connectivity index (χ3v) is 3.83. The molecule has 3 heteroatoms. The first-order valence-electron chi connectivity index (χ1n) is 6.78. The fourth-order valence-electron chi connectivity index (χ4n) is 2.72. The zero-order valence-corrected chi connectivity index (χ0v) is 12.5. The summed E-state index contributed by atoms with van der Waals surface area (Å²) in [5.74, 6) is 0.151. The van der Waals surface area contributed by atoms with Gasteiger partial charge in [0.25, 0.3) is 0 Å². The molecule has 1 heterocycles. The molecule has 0 aromatic heterocycles. The summed E-state index contributed by atoms with van der Waals surface area (Å²) in [6.07, 6.45) is 9.01. The number of aryl methyl sites for hydroxylation is 1. The number of piperidine rings is 1. The average Bonchev–Trinajstić information content (AvgIpc) is 2.49. The third kappa shape index (κ3) is 3.85. The van der Waals surface area contributed by atoms with Crippen molar-refractivity contribution < 1.29 is 9.53 Å². The normalized spacial score (nSPS) is 22.4. The van der Waals surface area contributed by atoms with Crippen LogP contribution in [-0.4, -0.2) is 38.1 Å². The molecule has 2 unspecified atom stereocenters. The molecular formula is C17H23NO2. The second-order valence-corrected chi connectivity index (χ2v) is 5.20. The predicted molar refractivity (Wildman–Crippen MR) is 81.4 cm³/mol. The second-order valence-electron chi connectivity index (χ2n) is 5.20. The van der Waals surface area contributed by atoms with Gasteiger partial charge in [0.05, 0.1) is 13.0 Å². The number of carbonyl (C=O) groups is 1. The molecule has 2 rings (SSSR count). The van der Waals surface area contributed by atoms with Gasteiger partial charge in [-0.05, 0) is 38.4 Å². The highest BCUT2D eigenvalue weighted by Gasteiger charge is 2.34. The summed E-state index contributed by atoms with van der Waals surface area (Å²) in [5, 5.41) is 0. The molecule has 1 aliphatic rings. The van der Waals surface area contributed by atoms with Crippen LogP contribution in [0.15, 0.2) is 24.3 Å². The van der Waals surface area contributed by atoms with E-state index in [1.54, 1.807) is 0 Å². The summed E-state index contributed by atoms with van der Waals surface area (Å²) in [4.78, 5) is 14.1. The number of ether oxygens (including phenoxy) is 1. The Hall–Kier alpha value is -1.79. The van der Waals surface area contributed by atoms with Gasteiger partial charge in [0, 0.05) is 6.54 Å². The summed E-state index contributed by atoms with van der Waals surface area (Å²) in [6, 6.07) is 8.51. The Morgan fingerprint density at radius 3 is 2.45 bits per heavy atom. The van der Waals surface area contributed by atoms with Crippen molar-refractivity contribution >= 4 is 5.97 Å². The zero-order valence-electron chi connectivity index (χ0n) is 12.5. The van der Waals surface area contributed by atoms with Gasteiger partial charge in [0.2, 0.25) is 0 Å². The van der Waals surface area contributed by atoms with Gasteiger partial charge in [-0.15, -0.1) is 12.8 Å². The van der Waals surface area contributed by atoms with E-state index < -0.39 is 0 Å². The summed E-state index contributed by atoms with van der Waals surface area (Å²) in [6.45, 7) is 3.90. The first kappa shape index (κ1) is 16.3. The van der Waals surface area contributed by atoms with Gasteiger partial charge in [0.1, 0.15) is 0 Å². The number of benzene rings is 1. The number of terminal acetylenes is 1. The molecule has 20 heavy (non-hydrogen) atoms. The number of hydrogen-bond donors (Lipinski definition) is 0.